The van der Waals surface area contributed by atoms with Crippen LogP contribution in [0.2, 0.25) is 0 Å². The van der Waals surface area contributed by atoms with Crippen LogP contribution in [0.4, 0.5) is 22.4 Å². The molecule has 0 atom stereocenters. The zero-order chi connectivity index (χ0) is 31.4. The zero-order valence-corrected chi connectivity index (χ0v) is 24.1. The van der Waals surface area contributed by atoms with E-state index < -0.39 is 23.8 Å². The lowest BCUT2D eigenvalue weighted by Gasteiger charge is -2.39. The number of likely N-dealkylation sites (tertiary alicyclic amines) is 1. The van der Waals surface area contributed by atoms with E-state index in [1.807, 2.05) is 19.9 Å². The molecule has 44 heavy (non-hydrogen) atoms. The van der Waals surface area contributed by atoms with Crippen LogP contribution in [0.1, 0.15) is 59.7 Å². The molecule has 1 aliphatic heterocycles. The molecule has 1 aliphatic carbocycles. The van der Waals surface area contributed by atoms with Crippen molar-refractivity contribution in [2.24, 2.45) is 5.92 Å². The van der Waals surface area contributed by atoms with Gasteiger partial charge in [0.1, 0.15) is 11.6 Å². The summed E-state index contributed by atoms with van der Waals surface area (Å²) in [5, 5.41) is 19.0. The maximum Gasteiger partial charge on any atom is 0.573 e. The monoisotopic (exact) mass is 617 g/mol. The molecule has 0 unspecified atom stereocenters. The van der Waals surface area contributed by atoms with Crippen LogP contribution in [0, 0.1) is 11.7 Å². The van der Waals surface area contributed by atoms with E-state index in [-0.39, 0.29) is 30.0 Å². The lowest BCUT2D eigenvalue weighted by molar-refractivity contribution is -0.274. The Morgan fingerprint density at radius 2 is 1.91 bits per heavy atom. The first-order valence-electron chi connectivity index (χ1n) is 14.2. The second-order valence-electron chi connectivity index (χ2n) is 11.0. The number of nitrogens with one attached hydrogen (secondary N) is 1. The molecule has 234 valence electrons. The Morgan fingerprint density at radius 1 is 1.11 bits per heavy atom. The number of alkyl halides is 3. The number of fused-ring (bicyclic) bond motifs is 1. The Kier molecular flexibility index (Phi) is 9.11. The van der Waals surface area contributed by atoms with Crippen LogP contribution in [0.5, 0.6) is 5.75 Å². The van der Waals surface area contributed by atoms with E-state index in [4.69, 9.17) is 4.74 Å². The number of unbranched alkanes of at least 4 members (excludes halogenated alkanes) is 1. The molecule has 1 aromatic carbocycles. The number of carbonyl (C=O) groups excluding carboxylic acids is 2. The summed E-state index contributed by atoms with van der Waals surface area (Å²) in [6.07, 6.45) is 1.20. The first-order chi connectivity index (χ1) is 20.9. The largest absolute Gasteiger partial charge is 0.573 e. The SMILES string of the molecule is CC(C)OC(=O)N1CC(C2=Cc3cc(CCCCn4cc(C(=O)NCc5cc(OC(F)(F)F)ccc5F)nn4)nnc3C2)C1. The highest BCUT2D eigenvalue weighted by Gasteiger charge is 2.36. The Labute approximate surface area is 250 Å². The van der Waals surface area contributed by atoms with E-state index in [0.717, 1.165) is 54.4 Å². The molecule has 11 nitrogen and oxygen atoms in total. The third kappa shape index (κ3) is 7.88. The van der Waals surface area contributed by atoms with Gasteiger partial charge in [0.2, 0.25) is 0 Å². The van der Waals surface area contributed by atoms with Crippen molar-refractivity contribution >= 4 is 18.1 Å². The summed E-state index contributed by atoms with van der Waals surface area (Å²) in [5.41, 5.74) is 3.93. The van der Waals surface area contributed by atoms with Gasteiger partial charge in [-0.05, 0) is 62.9 Å². The van der Waals surface area contributed by atoms with E-state index in [1.165, 1.54) is 16.5 Å². The van der Waals surface area contributed by atoms with Gasteiger partial charge in [-0.3, -0.25) is 9.48 Å². The first-order valence-corrected chi connectivity index (χ1v) is 14.2. The zero-order valence-electron chi connectivity index (χ0n) is 24.1. The minimum absolute atomic E-state index is 0.00779. The maximum atomic E-state index is 14.0. The molecule has 1 saturated heterocycles. The number of nitrogens with zero attached hydrogens (tertiary/aromatic N) is 6. The predicted molar refractivity (Wildman–Crippen MR) is 148 cm³/mol. The van der Waals surface area contributed by atoms with Crippen molar-refractivity contribution in [3.8, 4) is 5.75 Å². The highest BCUT2D eigenvalue weighted by atomic mass is 19.4. The number of aryl methyl sites for hydroxylation is 2. The number of hydrogen-bond acceptors (Lipinski definition) is 8. The average Bonchev–Trinajstić information content (AvgIpc) is 3.56. The van der Waals surface area contributed by atoms with Crippen LogP contribution in [0.25, 0.3) is 6.08 Å². The standard InChI is InChI=1S/C29H31F4N7O4/c1-17(2)43-28(42)39-14-21(15-39)18-9-19-10-22(35-36-25(19)12-18)5-3-4-8-40-16-26(37-38-40)27(41)34-13-20-11-23(6-7-24(20)30)44-29(31,32)33/h6-7,9-11,16-17,21H,3-5,8,12-15H2,1-2H3,(H,34,41). The normalized spacial score (nSPS) is 14.7. The summed E-state index contributed by atoms with van der Waals surface area (Å²) in [4.78, 5) is 26.2. The Bertz CT molecular complexity index is 1550. The van der Waals surface area contributed by atoms with Crippen LogP contribution < -0.4 is 10.1 Å². The molecule has 0 saturated carbocycles. The van der Waals surface area contributed by atoms with Gasteiger partial charge in [0.05, 0.1) is 23.7 Å². The summed E-state index contributed by atoms with van der Waals surface area (Å²) in [7, 11) is 0. The topological polar surface area (TPSA) is 124 Å². The van der Waals surface area contributed by atoms with Gasteiger partial charge >= 0.3 is 12.5 Å². The molecule has 15 heteroatoms. The van der Waals surface area contributed by atoms with Gasteiger partial charge < -0.3 is 19.7 Å². The molecule has 3 aromatic rings. The van der Waals surface area contributed by atoms with Crippen LogP contribution in [-0.4, -0.2) is 67.6 Å². The average molecular weight is 618 g/mol. The van der Waals surface area contributed by atoms with Crippen molar-refractivity contribution in [1.82, 2.24) is 35.4 Å². The molecule has 3 heterocycles. The van der Waals surface area contributed by atoms with Gasteiger partial charge in [0.25, 0.3) is 5.91 Å². The van der Waals surface area contributed by atoms with E-state index in [0.29, 0.717) is 32.0 Å². The van der Waals surface area contributed by atoms with Crippen LogP contribution >= 0.6 is 0 Å². The van der Waals surface area contributed by atoms with E-state index in [2.05, 4.69) is 36.6 Å². The molecule has 2 amide bonds. The summed E-state index contributed by atoms with van der Waals surface area (Å²) in [6, 6.07) is 4.60. The Balaban J connectivity index is 1.05. The van der Waals surface area contributed by atoms with Crippen LogP contribution in [0.15, 0.2) is 36.0 Å². The molecular weight excluding hydrogens is 586 g/mol. The molecule has 2 aromatic heterocycles. The lowest BCUT2D eigenvalue weighted by atomic mass is 9.91. The minimum Gasteiger partial charge on any atom is -0.447 e. The van der Waals surface area contributed by atoms with Gasteiger partial charge in [-0.2, -0.15) is 10.2 Å². The second kappa shape index (κ2) is 13.0. The highest BCUT2D eigenvalue weighted by Crippen LogP contribution is 2.33. The van der Waals surface area contributed by atoms with Crippen molar-refractivity contribution in [3.63, 3.8) is 0 Å². The minimum atomic E-state index is -4.92. The number of ether oxygens (including phenoxy) is 2. The van der Waals surface area contributed by atoms with Gasteiger partial charge in [0.15, 0.2) is 5.69 Å². The third-order valence-corrected chi connectivity index (χ3v) is 7.20. The summed E-state index contributed by atoms with van der Waals surface area (Å²) in [5.74, 6) is -1.73. The summed E-state index contributed by atoms with van der Waals surface area (Å²) < 4.78 is 61.9. The fourth-order valence-electron chi connectivity index (χ4n) is 4.94. The lowest BCUT2D eigenvalue weighted by Crippen LogP contribution is -2.51. The third-order valence-electron chi connectivity index (χ3n) is 7.20. The molecule has 0 bridgehead atoms. The number of hydrogen-bond donors (Lipinski definition) is 1. The Hall–Kier alpha value is -4.56. The predicted octanol–water partition coefficient (Wildman–Crippen LogP) is 4.48. The molecule has 0 radical (unpaired) electrons. The van der Waals surface area contributed by atoms with Crippen molar-refractivity contribution in [2.75, 3.05) is 13.1 Å². The maximum absolute atomic E-state index is 14.0. The molecule has 1 fully saturated rings. The summed E-state index contributed by atoms with van der Waals surface area (Å²) in [6.45, 7) is 5.07. The molecule has 1 N–H and O–H groups in total. The van der Waals surface area contributed by atoms with Crippen LogP contribution in [0.3, 0.4) is 0 Å². The van der Waals surface area contributed by atoms with E-state index in [1.54, 1.807) is 4.90 Å². The van der Waals surface area contributed by atoms with E-state index >= 15 is 0 Å². The van der Waals surface area contributed by atoms with Gasteiger partial charge in [-0.15, -0.1) is 18.3 Å². The van der Waals surface area contributed by atoms with Gasteiger partial charge in [-0.1, -0.05) is 16.9 Å². The van der Waals surface area contributed by atoms with Gasteiger partial charge in [-0.25, -0.2) is 9.18 Å². The van der Waals surface area contributed by atoms with Crippen LogP contribution in [-0.2, 0) is 30.7 Å². The van der Waals surface area contributed by atoms with Crippen molar-refractivity contribution in [3.05, 3.63) is 70.1 Å². The number of halogens is 4. The number of carbonyl (C=O) groups is 2. The smallest absolute Gasteiger partial charge is 0.447 e. The number of benzene rings is 1. The van der Waals surface area contributed by atoms with Gasteiger partial charge in [0, 0.05) is 44.1 Å². The van der Waals surface area contributed by atoms with E-state index in [9.17, 15) is 27.2 Å². The second-order valence-corrected chi connectivity index (χ2v) is 11.0. The molecule has 5 rings (SSSR count). The number of rotatable bonds is 11. The van der Waals surface area contributed by atoms with Crippen molar-refractivity contribution in [1.29, 1.82) is 0 Å². The fourth-order valence-corrected chi connectivity index (χ4v) is 4.94. The number of aromatic nitrogens is 5. The highest BCUT2D eigenvalue weighted by molar-refractivity contribution is 5.91. The summed E-state index contributed by atoms with van der Waals surface area (Å²) >= 11 is 0. The number of amides is 2. The fraction of sp³-hybridized carbons (Fsp3) is 0.448. The molecule has 2 aliphatic rings. The first kappa shape index (κ1) is 30.9. The van der Waals surface area contributed by atoms with Crippen molar-refractivity contribution in [2.45, 2.75) is 65.1 Å². The molecular formula is C29H31F4N7O4. The molecule has 0 spiro atoms. The quantitative estimate of drug-likeness (QED) is 0.247. The van der Waals surface area contributed by atoms with Crippen molar-refractivity contribution < 1.29 is 36.6 Å². The Morgan fingerprint density at radius 3 is 2.66 bits per heavy atom.